The molecule has 0 aliphatic heterocycles. The summed E-state index contributed by atoms with van der Waals surface area (Å²) in [6, 6.07) is 6.82. The second-order valence-electron chi connectivity index (χ2n) is 2.93. The maximum Gasteiger partial charge on any atom is 0.339 e. The Morgan fingerprint density at radius 2 is 1.80 bits per heavy atom. The first-order chi connectivity index (χ1) is 6.54. The number of aliphatic carboxylic acids is 1. The van der Waals surface area contributed by atoms with Crippen LogP contribution in [0, 0.1) is 6.92 Å². The van der Waals surface area contributed by atoms with Gasteiger partial charge in [0.2, 0.25) is 0 Å². The molecule has 0 aromatic heterocycles. The van der Waals surface area contributed by atoms with Gasteiger partial charge in [-0.15, -0.1) is 0 Å². The third-order valence-corrected chi connectivity index (χ3v) is 1.92. The fourth-order valence-electron chi connectivity index (χ4n) is 1.09. The van der Waals surface area contributed by atoms with E-state index in [4.69, 9.17) is 5.11 Å². The summed E-state index contributed by atoms with van der Waals surface area (Å²) in [6.07, 6.45) is 0. The van der Waals surface area contributed by atoms with E-state index in [1.54, 1.807) is 31.2 Å². The van der Waals surface area contributed by atoms with Crippen molar-refractivity contribution in [2.24, 2.45) is 0 Å². The van der Waals surface area contributed by atoms with Crippen molar-refractivity contribution in [3.63, 3.8) is 0 Å². The molecule has 0 amide bonds. The van der Waals surface area contributed by atoms with Crippen molar-refractivity contribution >= 4 is 69.9 Å². The molecule has 1 aromatic rings. The van der Waals surface area contributed by atoms with Crippen LogP contribution < -0.4 is 0 Å². The Morgan fingerprint density at radius 3 is 2.27 bits per heavy atom. The molecule has 1 rings (SSSR count). The minimum atomic E-state index is -1.28. The first-order valence-corrected chi connectivity index (χ1v) is 4.06. The number of carbonyl (C=O) groups excluding carboxylic acids is 1. The van der Waals surface area contributed by atoms with Crippen LogP contribution in [0.15, 0.2) is 36.4 Å². The number of hydrogen-bond donors (Lipinski definition) is 1. The fraction of sp³-hybridized carbons (Fsp3) is 0.0909. The summed E-state index contributed by atoms with van der Waals surface area (Å²) >= 11 is 0. The molecule has 3 nitrogen and oxygen atoms in total. The van der Waals surface area contributed by atoms with Gasteiger partial charge in [-0.1, -0.05) is 30.8 Å². The molecule has 0 aliphatic rings. The maximum absolute atomic E-state index is 11.5. The second-order valence-corrected chi connectivity index (χ2v) is 2.93. The van der Waals surface area contributed by atoms with E-state index in [-0.39, 0.29) is 58.2 Å². The van der Waals surface area contributed by atoms with Crippen molar-refractivity contribution in [3.8, 4) is 0 Å². The van der Waals surface area contributed by atoms with Crippen molar-refractivity contribution in [3.05, 3.63) is 47.5 Å². The molecule has 0 spiro atoms. The van der Waals surface area contributed by atoms with Gasteiger partial charge in [0, 0.05) is 63.8 Å². The molecule has 4 heteroatoms. The molecule has 1 radical (unpaired) electrons. The van der Waals surface area contributed by atoms with E-state index in [0.29, 0.717) is 5.56 Å². The number of benzene rings is 1. The number of hydrogen-bond acceptors (Lipinski definition) is 2. The number of carboxylic acids is 1. The van der Waals surface area contributed by atoms with Crippen molar-refractivity contribution < 1.29 is 14.7 Å². The van der Waals surface area contributed by atoms with Crippen molar-refractivity contribution in [1.29, 1.82) is 0 Å². The second kappa shape index (κ2) is 6.48. The quantitative estimate of drug-likeness (QED) is 0.393. The third kappa shape index (κ3) is 3.76. The standard InChI is InChI=1S/C11H10O3.Rb/c1-7-5-3-4-6-9(7)10(12)8(2)11(13)14;/h3-6H,2H2,1H3,(H,13,14);. The third-order valence-electron chi connectivity index (χ3n) is 1.92. The first kappa shape index (κ1) is 14.9. The van der Waals surface area contributed by atoms with E-state index in [2.05, 4.69) is 6.58 Å². The largest absolute Gasteiger partial charge is 0.478 e. The Balaban J connectivity index is 0.00000196. The molecule has 0 heterocycles. The van der Waals surface area contributed by atoms with Crippen LogP contribution in [0.5, 0.6) is 0 Å². The number of ketones is 1. The van der Waals surface area contributed by atoms with Crippen LogP contribution in [0.2, 0.25) is 0 Å². The Morgan fingerprint density at radius 1 is 1.27 bits per heavy atom. The normalized spacial score (nSPS) is 8.87. The topological polar surface area (TPSA) is 54.4 Å². The zero-order chi connectivity index (χ0) is 10.7. The van der Waals surface area contributed by atoms with Crippen molar-refractivity contribution in [1.82, 2.24) is 0 Å². The summed E-state index contributed by atoms with van der Waals surface area (Å²) in [5.74, 6) is -1.81. The van der Waals surface area contributed by atoms with Gasteiger partial charge in [-0.3, -0.25) is 4.79 Å². The molecule has 0 aliphatic carbocycles. The van der Waals surface area contributed by atoms with Gasteiger partial charge in [0.05, 0.1) is 0 Å². The molecule has 0 saturated heterocycles. The van der Waals surface area contributed by atoms with E-state index >= 15 is 0 Å². The summed E-state index contributed by atoms with van der Waals surface area (Å²) in [6.45, 7) is 4.97. The minimum Gasteiger partial charge on any atom is -0.478 e. The summed E-state index contributed by atoms with van der Waals surface area (Å²) in [5, 5.41) is 8.58. The van der Waals surface area contributed by atoms with Crippen LogP contribution in [-0.4, -0.2) is 75.0 Å². The van der Waals surface area contributed by atoms with Gasteiger partial charge >= 0.3 is 5.97 Å². The Kier molecular flexibility index (Phi) is 6.44. The average Bonchev–Trinajstić information content (AvgIpc) is 2.16. The maximum atomic E-state index is 11.5. The summed E-state index contributed by atoms with van der Waals surface area (Å²) in [7, 11) is 0. The number of Topliss-reactive ketones (excluding diaryl/α,β-unsaturated/α-hetero) is 1. The van der Waals surface area contributed by atoms with E-state index in [1.807, 2.05) is 0 Å². The SMILES string of the molecule is C=C(C(=O)O)C(=O)c1ccccc1C.[Rb]. The molecular weight excluding hydrogens is 266 g/mol. The van der Waals surface area contributed by atoms with Crippen LogP contribution in [0.1, 0.15) is 15.9 Å². The zero-order valence-corrected chi connectivity index (χ0v) is 13.7. The molecule has 0 atom stereocenters. The monoisotopic (exact) mass is 275 g/mol. The summed E-state index contributed by atoms with van der Waals surface area (Å²) < 4.78 is 0. The Hall–Kier alpha value is -0.0948. The number of carbonyl (C=O) groups is 2. The van der Waals surface area contributed by atoms with E-state index < -0.39 is 17.3 Å². The molecule has 0 saturated carbocycles. The van der Waals surface area contributed by atoms with Crippen LogP contribution >= 0.6 is 0 Å². The molecule has 15 heavy (non-hydrogen) atoms. The molecule has 73 valence electrons. The number of carboxylic acid groups (broad SMARTS) is 1. The molecule has 0 fully saturated rings. The van der Waals surface area contributed by atoms with Gasteiger partial charge in [-0.2, -0.15) is 0 Å². The smallest absolute Gasteiger partial charge is 0.339 e. The van der Waals surface area contributed by atoms with Crippen LogP contribution in [0.3, 0.4) is 0 Å². The van der Waals surface area contributed by atoms with Crippen LogP contribution in [0.25, 0.3) is 0 Å². The molecule has 0 bridgehead atoms. The van der Waals surface area contributed by atoms with Crippen LogP contribution in [0.4, 0.5) is 0 Å². The summed E-state index contributed by atoms with van der Waals surface area (Å²) in [5.41, 5.74) is 0.735. The van der Waals surface area contributed by atoms with Gasteiger partial charge in [0.1, 0.15) is 5.57 Å². The van der Waals surface area contributed by atoms with Gasteiger partial charge in [-0.05, 0) is 12.5 Å². The summed E-state index contributed by atoms with van der Waals surface area (Å²) in [4.78, 5) is 22.0. The molecular formula is C11H10O3Rb. The van der Waals surface area contributed by atoms with Gasteiger partial charge < -0.3 is 5.11 Å². The first-order valence-electron chi connectivity index (χ1n) is 4.06. The predicted octanol–water partition coefficient (Wildman–Crippen LogP) is 1.44. The fourth-order valence-corrected chi connectivity index (χ4v) is 1.09. The number of aryl methyl sites for hydroxylation is 1. The average molecular weight is 276 g/mol. The van der Waals surface area contributed by atoms with E-state index in [9.17, 15) is 9.59 Å². The molecule has 0 unspecified atom stereocenters. The van der Waals surface area contributed by atoms with Gasteiger partial charge in [-0.25, -0.2) is 4.79 Å². The van der Waals surface area contributed by atoms with E-state index in [0.717, 1.165) is 5.56 Å². The van der Waals surface area contributed by atoms with E-state index in [1.165, 1.54) is 0 Å². The zero-order valence-electron chi connectivity index (χ0n) is 8.78. The van der Waals surface area contributed by atoms with Crippen molar-refractivity contribution in [2.45, 2.75) is 6.92 Å². The number of rotatable bonds is 3. The van der Waals surface area contributed by atoms with Gasteiger partial charge in [0.15, 0.2) is 5.78 Å². The molecule has 1 aromatic carbocycles. The molecule has 1 N–H and O–H groups in total. The van der Waals surface area contributed by atoms with Crippen LogP contribution in [-0.2, 0) is 4.79 Å². The Bertz CT molecular complexity index is 410. The minimum absolute atomic E-state index is 0. The van der Waals surface area contributed by atoms with Gasteiger partial charge in [0.25, 0.3) is 0 Å². The predicted molar refractivity (Wildman–Crippen MR) is 58.0 cm³/mol. The Labute approximate surface area is 137 Å². The van der Waals surface area contributed by atoms with Crippen molar-refractivity contribution in [2.75, 3.05) is 0 Å².